The molecule has 0 saturated heterocycles. The van der Waals surface area contributed by atoms with Crippen LogP contribution >= 0.6 is 0 Å². The second-order valence-electron chi connectivity index (χ2n) is 2.97. The maximum atomic E-state index is 3.08. The zero-order valence-corrected chi connectivity index (χ0v) is 6.46. The molecule has 3 rings (SSSR count). The standard InChI is InChI=1S/C10H8N2/c1-2-4-8-7(3-1)5-10-9(8)6-11-12-10/h1-6,11-12H. The molecule has 0 aromatic heterocycles. The summed E-state index contributed by atoms with van der Waals surface area (Å²) >= 11 is 0. The monoisotopic (exact) mass is 156 g/mol. The van der Waals surface area contributed by atoms with Crippen molar-refractivity contribution in [2.45, 2.75) is 0 Å². The smallest absolute Gasteiger partial charge is 0.0639 e. The molecule has 0 spiro atoms. The van der Waals surface area contributed by atoms with Crippen LogP contribution in [0.2, 0.25) is 0 Å². The van der Waals surface area contributed by atoms with Gasteiger partial charge in [0, 0.05) is 11.8 Å². The van der Waals surface area contributed by atoms with Crippen LogP contribution in [-0.2, 0) is 0 Å². The van der Waals surface area contributed by atoms with Crippen molar-refractivity contribution in [3.05, 3.63) is 36.5 Å². The number of H-pyrrole nitrogens is 2. The highest BCUT2D eigenvalue weighted by atomic mass is 15.1. The van der Waals surface area contributed by atoms with E-state index in [0.29, 0.717) is 0 Å². The Morgan fingerprint density at radius 2 is 2.00 bits per heavy atom. The number of fused-ring (bicyclic) bond motifs is 3. The Hall–Kier alpha value is -1.70. The van der Waals surface area contributed by atoms with Gasteiger partial charge in [-0.1, -0.05) is 24.3 Å². The predicted octanol–water partition coefficient (Wildman–Crippen LogP) is 2.60. The zero-order valence-electron chi connectivity index (χ0n) is 6.46. The Bertz CT molecular complexity index is 489. The van der Waals surface area contributed by atoms with Crippen LogP contribution in [0.5, 0.6) is 0 Å². The van der Waals surface area contributed by atoms with E-state index < -0.39 is 0 Å². The molecule has 0 amide bonds. The summed E-state index contributed by atoms with van der Waals surface area (Å²) in [5.74, 6) is 0. The van der Waals surface area contributed by atoms with Gasteiger partial charge in [0.1, 0.15) is 0 Å². The fourth-order valence-corrected chi connectivity index (χ4v) is 1.69. The second-order valence-corrected chi connectivity index (χ2v) is 2.97. The van der Waals surface area contributed by atoms with Crippen molar-refractivity contribution in [2.24, 2.45) is 0 Å². The summed E-state index contributed by atoms with van der Waals surface area (Å²) in [6.45, 7) is 0. The van der Waals surface area contributed by atoms with Crippen molar-refractivity contribution in [2.75, 3.05) is 0 Å². The van der Waals surface area contributed by atoms with E-state index >= 15 is 0 Å². The summed E-state index contributed by atoms with van der Waals surface area (Å²) in [6.07, 6.45) is 2.00. The first kappa shape index (κ1) is 5.89. The zero-order chi connectivity index (χ0) is 7.97. The molecule has 2 heteroatoms. The van der Waals surface area contributed by atoms with Gasteiger partial charge in [0.05, 0.1) is 5.69 Å². The molecule has 1 aromatic carbocycles. The number of benzene rings is 1. The lowest BCUT2D eigenvalue weighted by molar-refractivity contribution is 1.10. The van der Waals surface area contributed by atoms with Crippen molar-refractivity contribution in [1.29, 1.82) is 0 Å². The van der Waals surface area contributed by atoms with Crippen LogP contribution in [0.3, 0.4) is 0 Å². The Morgan fingerprint density at radius 1 is 1.08 bits per heavy atom. The lowest BCUT2D eigenvalue weighted by Gasteiger charge is -1.87. The van der Waals surface area contributed by atoms with Crippen LogP contribution in [0, 0.1) is 0 Å². The SMILES string of the molecule is c1ccc2c3c[nH][nH]c-3cc2c1. The van der Waals surface area contributed by atoms with Crippen molar-refractivity contribution in [3.8, 4) is 11.3 Å². The number of nitrogens with one attached hydrogen (secondary N) is 2. The van der Waals surface area contributed by atoms with Crippen LogP contribution < -0.4 is 0 Å². The maximum absolute atomic E-state index is 3.08. The van der Waals surface area contributed by atoms with Crippen LogP contribution in [-0.4, -0.2) is 10.2 Å². The molecule has 0 bridgehead atoms. The van der Waals surface area contributed by atoms with E-state index in [1.54, 1.807) is 0 Å². The Kier molecular flexibility index (Phi) is 0.939. The van der Waals surface area contributed by atoms with Crippen LogP contribution in [0.1, 0.15) is 0 Å². The molecule has 1 aromatic rings. The molecule has 1 heterocycles. The Labute approximate surface area is 69.5 Å². The van der Waals surface area contributed by atoms with Gasteiger partial charge in [-0.3, -0.25) is 0 Å². The quantitative estimate of drug-likeness (QED) is 0.501. The van der Waals surface area contributed by atoms with Crippen LogP contribution in [0.15, 0.2) is 36.5 Å². The van der Waals surface area contributed by atoms with Gasteiger partial charge >= 0.3 is 0 Å². The number of rotatable bonds is 0. The normalized spacial score (nSPS) is 11.3. The lowest BCUT2D eigenvalue weighted by Crippen LogP contribution is -1.63. The van der Waals surface area contributed by atoms with Crippen molar-refractivity contribution in [1.82, 2.24) is 10.2 Å². The topological polar surface area (TPSA) is 31.6 Å². The fraction of sp³-hybridized carbons (Fsp3) is 0. The van der Waals surface area contributed by atoms with Crippen LogP contribution in [0.25, 0.3) is 22.0 Å². The van der Waals surface area contributed by atoms with Gasteiger partial charge in [-0.2, -0.15) is 0 Å². The number of hydrogen-bond donors (Lipinski definition) is 2. The third-order valence-corrected chi connectivity index (χ3v) is 2.26. The molecule has 0 atom stereocenters. The molecule has 2 N–H and O–H groups in total. The number of aromatic nitrogens is 2. The highest BCUT2D eigenvalue weighted by molar-refractivity contribution is 6.00. The van der Waals surface area contributed by atoms with E-state index in [0.717, 1.165) is 0 Å². The van der Waals surface area contributed by atoms with Crippen molar-refractivity contribution >= 4 is 10.8 Å². The van der Waals surface area contributed by atoms with E-state index in [1.165, 1.54) is 22.0 Å². The molecule has 0 fully saturated rings. The molecular formula is C10H8N2. The number of hydrogen-bond acceptors (Lipinski definition) is 0. The average molecular weight is 156 g/mol. The van der Waals surface area contributed by atoms with Gasteiger partial charge in [0.15, 0.2) is 0 Å². The second kappa shape index (κ2) is 1.91. The molecule has 1 aliphatic carbocycles. The molecule has 0 radical (unpaired) electrons. The van der Waals surface area contributed by atoms with E-state index in [-0.39, 0.29) is 0 Å². The highest BCUT2D eigenvalue weighted by Crippen LogP contribution is 2.31. The summed E-state index contributed by atoms with van der Waals surface area (Å²) in [6, 6.07) is 10.5. The summed E-state index contributed by atoms with van der Waals surface area (Å²) in [5, 5.41) is 8.68. The van der Waals surface area contributed by atoms with Gasteiger partial charge in [0.2, 0.25) is 0 Å². The summed E-state index contributed by atoms with van der Waals surface area (Å²) in [4.78, 5) is 0. The Balaban J connectivity index is 2.59. The molecule has 1 aliphatic heterocycles. The molecule has 2 aliphatic rings. The fourth-order valence-electron chi connectivity index (χ4n) is 1.69. The van der Waals surface area contributed by atoms with Crippen molar-refractivity contribution in [3.63, 3.8) is 0 Å². The first-order valence-corrected chi connectivity index (χ1v) is 3.98. The highest BCUT2D eigenvalue weighted by Gasteiger charge is 2.08. The molecule has 0 saturated carbocycles. The largest absolute Gasteiger partial charge is 0.307 e. The molecule has 2 nitrogen and oxygen atoms in total. The van der Waals surface area contributed by atoms with Crippen molar-refractivity contribution < 1.29 is 0 Å². The molecule has 0 unspecified atom stereocenters. The van der Waals surface area contributed by atoms with Gasteiger partial charge in [-0.15, -0.1) is 0 Å². The minimum Gasteiger partial charge on any atom is -0.307 e. The minimum atomic E-state index is 1.18. The average Bonchev–Trinajstić information content (AvgIpc) is 2.62. The van der Waals surface area contributed by atoms with Crippen LogP contribution in [0.4, 0.5) is 0 Å². The molecule has 58 valence electrons. The van der Waals surface area contributed by atoms with E-state index in [4.69, 9.17) is 0 Å². The molecular weight excluding hydrogens is 148 g/mol. The summed E-state index contributed by atoms with van der Waals surface area (Å²) < 4.78 is 0. The van der Waals surface area contributed by atoms with E-state index in [1.807, 2.05) is 6.20 Å². The minimum absolute atomic E-state index is 1.18. The maximum Gasteiger partial charge on any atom is 0.0639 e. The van der Waals surface area contributed by atoms with E-state index in [2.05, 4.69) is 40.5 Å². The van der Waals surface area contributed by atoms with Gasteiger partial charge < -0.3 is 10.2 Å². The first-order valence-electron chi connectivity index (χ1n) is 3.98. The van der Waals surface area contributed by atoms with Gasteiger partial charge in [-0.25, -0.2) is 0 Å². The first-order chi connectivity index (χ1) is 5.95. The summed E-state index contributed by atoms with van der Waals surface area (Å²) in [5.41, 5.74) is 2.45. The Morgan fingerprint density at radius 3 is 3.00 bits per heavy atom. The van der Waals surface area contributed by atoms with Gasteiger partial charge in [0.25, 0.3) is 0 Å². The lowest BCUT2D eigenvalue weighted by atomic mass is 10.2. The molecule has 12 heavy (non-hydrogen) atoms. The third-order valence-electron chi connectivity index (χ3n) is 2.26. The number of aromatic amines is 2. The summed E-state index contributed by atoms with van der Waals surface area (Å²) in [7, 11) is 0. The third kappa shape index (κ3) is 0.593. The van der Waals surface area contributed by atoms with Gasteiger partial charge in [-0.05, 0) is 16.8 Å². The van der Waals surface area contributed by atoms with E-state index in [9.17, 15) is 0 Å². The predicted molar refractivity (Wildman–Crippen MR) is 49.3 cm³/mol.